The Hall–Kier alpha value is -1.74. The second-order valence-electron chi connectivity index (χ2n) is 4.18. The average molecular weight is 245 g/mol. The van der Waals surface area contributed by atoms with Gasteiger partial charge in [0.2, 0.25) is 0 Å². The SMILES string of the molecule is CCc1c[nH]c(-c2ccc(OC)cc2)c1COC. The van der Waals surface area contributed by atoms with E-state index in [1.807, 2.05) is 12.1 Å². The Kier molecular flexibility index (Phi) is 4.05. The smallest absolute Gasteiger partial charge is 0.118 e. The van der Waals surface area contributed by atoms with E-state index in [-0.39, 0.29) is 0 Å². The van der Waals surface area contributed by atoms with Crippen LogP contribution in [0.25, 0.3) is 11.3 Å². The van der Waals surface area contributed by atoms with Gasteiger partial charge in [-0.05, 0) is 41.8 Å². The quantitative estimate of drug-likeness (QED) is 0.876. The van der Waals surface area contributed by atoms with Crippen LogP contribution in [0.1, 0.15) is 18.1 Å². The number of hydrogen-bond acceptors (Lipinski definition) is 2. The van der Waals surface area contributed by atoms with Crippen molar-refractivity contribution >= 4 is 0 Å². The predicted molar refractivity (Wildman–Crippen MR) is 72.9 cm³/mol. The molecule has 2 rings (SSSR count). The summed E-state index contributed by atoms with van der Waals surface area (Å²) in [6.45, 7) is 2.79. The highest BCUT2D eigenvalue weighted by Crippen LogP contribution is 2.27. The van der Waals surface area contributed by atoms with Crippen molar-refractivity contribution in [1.82, 2.24) is 4.98 Å². The number of rotatable bonds is 5. The third kappa shape index (κ3) is 2.41. The highest BCUT2D eigenvalue weighted by molar-refractivity contribution is 5.66. The first-order valence-electron chi connectivity index (χ1n) is 6.12. The van der Waals surface area contributed by atoms with E-state index in [4.69, 9.17) is 9.47 Å². The van der Waals surface area contributed by atoms with Crippen LogP contribution in [0.5, 0.6) is 5.75 Å². The van der Waals surface area contributed by atoms with Crippen LogP contribution in [-0.2, 0) is 17.8 Å². The van der Waals surface area contributed by atoms with E-state index >= 15 is 0 Å². The normalized spacial score (nSPS) is 10.6. The molecular weight excluding hydrogens is 226 g/mol. The van der Waals surface area contributed by atoms with Crippen LogP contribution in [0.15, 0.2) is 30.5 Å². The fraction of sp³-hybridized carbons (Fsp3) is 0.333. The van der Waals surface area contributed by atoms with Gasteiger partial charge in [-0.2, -0.15) is 0 Å². The van der Waals surface area contributed by atoms with E-state index in [1.165, 1.54) is 11.1 Å². The molecular formula is C15H19NO2. The number of H-pyrrole nitrogens is 1. The van der Waals surface area contributed by atoms with Gasteiger partial charge in [-0.15, -0.1) is 0 Å². The molecule has 0 saturated carbocycles. The highest BCUT2D eigenvalue weighted by atomic mass is 16.5. The second kappa shape index (κ2) is 5.74. The Morgan fingerprint density at radius 1 is 1.11 bits per heavy atom. The third-order valence-electron chi connectivity index (χ3n) is 3.13. The Labute approximate surface area is 108 Å². The monoisotopic (exact) mass is 245 g/mol. The molecule has 1 aromatic carbocycles. The van der Waals surface area contributed by atoms with Gasteiger partial charge in [-0.25, -0.2) is 0 Å². The molecule has 0 unspecified atom stereocenters. The minimum absolute atomic E-state index is 0.633. The zero-order valence-corrected chi connectivity index (χ0v) is 11.1. The number of methoxy groups -OCH3 is 2. The Morgan fingerprint density at radius 2 is 1.83 bits per heavy atom. The molecule has 3 heteroatoms. The summed E-state index contributed by atoms with van der Waals surface area (Å²) in [6.07, 6.45) is 3.07. The predicted octanol–water partition coefficient (Wildman–Crippen LogP) is 3.40. The lowest BCUT2D eigenvalue weighted by atomic mass is 10.0. The summed E-state index contributed by atoms with van der Waals surface area (Å²) in [5.74, 6) is 0.870. The molecule has 0 spiro atoms. The van der Waals surface area contributed by atoms with Crippen molar-refractivity contribution < 1.29 is 9.47 Å². The third-order valence-corrected chi connectivity index (χ3v) is 3.13. The standard InChI is InChI=1S/C15H19NO2/c1-4-11-9-16-15(14(11)10-17-2)12-5-7-13(18-3)8-6-12/h5-9,16H,4,10H2,1-3H3. The molecule has 3 nitrogen and oxygen atoms in total. The van der Waals surface area contributed by atoms with Crippen molar-refractivity contribution in [3.63, 3.8) is 0 Å². The Bertz CT molecular complexity index is 500. The van der Waals surface area contributed by atoms with Crippen LogP contribution >= 0.6 is 0 Å². The first kappa shape index (κ1) is 12.7. The number of aromatic amines is 1. The van der Waals surface area contributed by atoms with E-state index in [9.17, 15) is 0 Å². The zero-order chi connectivity index (χ0) is 13.0. The fourth-order valence-corrected chi connectivity index (χ4v) is 2.13. The highest BCUT2D eigenvalue weighted by Gasteiger charge is 2.11. The molecule has 0 amide bonds. The Balaban J connectivity index is 2.39. The number of aromatic nitrogens is 1. The summed E-state index contributed by atoms with van der Waals surface area (Å²) < 4.78 is 10.5. The summed E-state index contributed by atoms with van der Waals surface area (Å²) in [5, 5.41) is 0. The van der Waals surface area contributed by atoms with Crippen LogP contribution in [0.4, 0.5) is 0 Å². The lowest BCUT2D eigenvalue weighted by molar-refractivity contribution is 0.184. The van der Waals surface area contributed by atoms with Gasteiger partial charge in [0.15, 0.2) is 0 Å². The van der Waals surface area contributed by atoms with Crippen LogP contribution in [0.2, 0.25) is 0 Å². The lowest BCUT2D eigenvalue weighted by Gasteiger charge is -2.07. The number of hydrogen-bond donors (Lipinski definition) is 1. The Morgan fingerprint density at radius 3 is 2.39 bits per heavy atom. The molecule has 1 heterocycles. The molecule has 0 fully saturated rings. The molecule has 0 saturated heterocycles. The van der Waals surface area contributed by atoms with E-state index in [0.29, 0.717) is 6.61 Å². The fourth-order valence-electron chi connectivity index (χ4n) is 2.13. The van der Waals surface area contributed by atoms with Gasteiger partial charge in [0.1, 0.15) is 5.75 Å². The number of ether oxygens (including phenoxy) is 2. The molecule has 1 N–H and O–H groups in total. The van der Waals surface area contributed by atoms with E-state index in [0.717, 1.165) is 23.4 Å². The molecule has 18 heavy (non-hydrogen) atoms. The van der Waals surface area contributed by atoms with Gasteiger partial charge >= 0.3 is 0 Å². The van der Waals surface area contributed by atoms with Crippen molar-refractivity contribution in [2.75, 3.05) is 14.2 Å². The van der Waals surface area contributed by atoms with Crippen LogP contribution in [-0.4, -0.2) is 19.2 Å². The maximum atomic E-state index is 5.29. The van der Waals surface area contributed by atoms with Crippen molar-refractivity contribution in [2.45, 2.75) is 20.0 Å². The van der Waals surface area contributed by atoms with Crippen LogP contribution in [0.3, 0.4) is 0 Å². The second-order valence-corrected chi connectivity index (χ2v) is 4.18. The van der Waals surface area contributed by atoms with Crippen molar-refractivity contribution in [3.05, 3.63) is 41.6 Å². The first-order chi connectivity index (χ1) is 8.80. The van der Waals surface area contributed by atoms with Crippen molar-refractivity contribution in [2.24, 2.45) is 0 Å². The molecule has 0 bridgehead atoms. The number of aryl methyl sites for hydroxylation is 1. The number of nitrogens with one attached hydrogen (secondary N) is 1. The molecule has 2 aromatic rings. The zero-order valence-electron chi connectivity index (χ0n) is 11.1. The molecule has 1 aromatic heterocycles. The van der Waals surface area contributed by atoms with Gasteiger partial charge in [0.25, 0.3) is 0 Å². The topological polar surface area (TPSA) is 34.2 Å². The summed E-state index contributed by atoms with van der Waals surface area (Å²) in [6, 6.07) is 8.06. The first-order valence-corrected chi connectivity index (χ1v) is 6.12. The molecule has 0 atom stereocenters. The van der Waals surface area contributed by atoms with Crippen molar-refractivity contribution in [3.8, 4) is 17.0 Å². The van der Waals surface area contributed by atoms with Gasteiger partial charge < -0.3 is 14.5 Å². The van der Waals surface area contributed by atoms with Gasteiger partial charge in [0.05, 0.1) is 19.4 Å². The summed E-state index contributed by atoms with van der Waals surface area (Å²) in [7, 11) is 3.40. The van der Waals surface area contributed by atoms with Gasteiger partial charge in [0, 0.05) is 18.9 Å². The summed E-state index contributed by atoms with van der Waals surface area (Å²) in [5.41, 5.74) is 4.84. The minimum atomic E-state index is 0.633. The minimum Gasteiger partial charge on any atom is -0.497 e. The van der Waals surface area contributed by atoms with Crippen molar-refractivity contribution in [1.29, 1.82) is 0 Å². The molecule has 0 aliphatic rings. The van der Waals surface area contributed by atoms with Gasteiger partial charge in [-0.1, -0.05) is 6.92 Å². The molecule has 96 valence electrons. The van der Waals surface area contributed by atoms with Crippen LogP contribution < -0.4 is 4.74 Å². The average Bonchev–Trinajstić information content (AvgIpc) is 2.82. The molecule has 0 aliphatic heterocycles. The lowest BCUT2D eigenvalue weighted by Crippen LogP contribution is -1.93. The van der Waals surface area contributed by atoms with Gasteiger partial charge in [-0.3, -0.25) is 0 Å². The van der Waals surface area contributed by atoms with E-state index in [2.05, 4.69) is 30.2 Å². The number of benzene rings is 1. The summed E-state index contributed by atoms with van der Waals surface area (Å²) in [4.78, 5) is 3.34. The molecule has 0 aliphatic carbocycles. The largest absolute Gasteiger partial charge is 0.497 e. The maximum Gasteiger partial charge on any atom is 0.118 e. The van der Waals surface area contributed by atoms with Crippen LogP contribution in [0, 0.1) is 0 Å². The van der Waals surface area contributed by atoms with E-state index < -0.39 is 0 Å². The molecule has 0 radical (unpaired) electrons. The summed E-state index contributed by atoms with van der Waals surface area (Å²) >= 11 is 0. The van der Waals surface area contributed by atoms with E-state index in [1.54, 1.807) is 14.2 Å². The maximum absolute atomic E-state index is 5.29.